The van der Waals surface area contributed by atoms with Crippen LogP contribution < -0.4 is 10.6 Å². The van der Waals surface area contributed by atoms with Crippen LogP contribution in [0, 0.1) is 5.92 Å². The van der Waals surface area contributed by atoms with Gasteiger partial charge in [-0.25, -0.2) is 0 Å². The summed E-state index contributed by atoms with van der Waals surface area (Å²) >= 11 is 0. The molecule has 0 saturated carbocycles. The van der Waals surface area contributed by atoms with E-state index >= 15 is 0 Å². The van der Waals surface area contributed by atoms with E-state index in [4.69, 9.17) is 4.74 Å². The minimum atomic E-state index is 0.549. The highest BCUT2D eigenvalue weighted by Crippen LogP contribution is 2.11. The Bertz CT molecular complexity index is 97.6. The first-order valence-corrected chi connectivity index (χ1v) is 3.78. The summed E-state index contributed by atoms with van der Waals surface area (Å²) in [5.41, 5.74) is 0. The van der Waals surface area contributed by atoms with E-state index in [1.54, 1.807) is 0 Å². The zero-order chi connectivity index (χ0) is 7.40. The normalized spacial score (nSPS) is 33.0. The van der Waals surface area contributed by atoms with Crippen LogP contribution in [0.4, 0.5) is 0 Å². The standard InChI is InChI=1S/C7H16N2O/c1-8-3-6-4-10-5-7(6)9-2/h6-9H,3-5H2,1-2H3. The van der Waals surface area contributed by atoms with Gasteiger partial charge in [0.05, 0.1) is 13.2 Å². The molecule has 0 radical (unpaired) electrons. The van der Waals surface area contributed by atoms with Gasteiger partial charge in [-0.15, -0.1) is 0 Å². The lowest BCUT2D eigenvalue weighted by molar-refractivity contribution is 0.183. The molecular formula is C7H16N2O. The van der Waals surface area contributed by atoms with Crippen molar-refractivity contribution in [1.29, 1.82) is 0 Å². The zero-order valence-corrected chi connectivity index (χ0v) is 6.68. The van der Waals surface area contributed by atoms with Crippen LogP contribution in [0.15, 0.2) is 0 Å². The van der Waals surface area contributed by atoms with Crippen molar-refractivity contribution in [2.45, 2.75) is 6.04 Å². The van der Waals surface area contributed by atoms with Crippen molar-refractivity contribution in [2.75, 3.05) is 33.9 Å². The molecule has 2 N–H and O–H groups in total. The van der Waals surface area contributed by atoms with Gasteiger partial charge in [0.25, 0.3) is 0 Å². The predicted octanol–water partition coefficient (Wildman–Crippen LogP) is -0.560. The van der Waals surface area contributed by atoms with E-state index in [1.165, 1.54) is 0 Å². The van der Waals surface area contributed by atoms with Crippen molar-refractivity contribution in [3.8, 4) is 0 Å². The largest absolute Gasteiger partial charge is 0.379 e. The maximum Gasteiger partial charge on any atom is 0.0623 e. The second-order valence-electron chi connectivity index (χ2n) is 2.75. The van der Waals surface area contributed by atoms with E-state index in [2.05, 4.69) is 10.6 Å². The van der Waals surface area contributed by atoms with E-state index in [-0.39, 0.29) is 0 Å². The maximum absolute atomic E-state index is 5.31. The smallest absolute Gasteiger partial charge is 0.0623 e. The summed E-state index contributed by atoms with van der Waals surface area (Å²) in [5, 5.41) is 6.39. The molecule has 2 unspecified atom stereocenters. The molecule has 2 atom stereocenters. The van der Waals surface area contributed by atoms with Crippen LogP contribution in [-0.2, 0) is 4.74 Å². The lowest BCUT2D eigenvalue weighted by Crippen LogP contribution is -2.37. The van der Waals surface area contributed by atoms with Crippen molar-refractivity contribution in [3.63, 3.8) is 0 Å². The molecule has 1 heterocycles. The molecule has 3 heteroatoms. The summed E-state index contributed by atoms with van der Waals surface area (Å²) in [7, 11) is 3.97. The summed E-state index contributed by atoms with van der Waals surface area (Å²) in [4.78, 5) is 0. The quantitative estimate of drug-likeness (QED) is 0.557. The van der Waals surface area contributed by atoms with E-state index in [9.17, 15) is 0 Å². The lowest BCUT2D eigenvalue weighted by atomic mass is 10.0. The van der Waals surface area contributed by atoms with Gasteiger partial charge in [-0.3, -0.25) is 0 Å². The summed E-state index contributed by atoms with van der Waals surface area (Å²) in [6.45, 7) is 2.81. The Labute approximate surface area is 62.1 Å². The summed E-state index contributed by atoms with van der Waals surface area (Å²) in [5.74, 6) is 0.648. The van der Waals surface area contributed by atoms with Gasteiger partial charge in [0.15, 0.2) is 0 Å². The maximum atomic E-state index is 5.31. The van der Waals surface area contributed by atoms with E-state index in [1.807, 2.05) is 14.1 Å². The van der Waals surface area contributed by atoms with Crippen LogP contribution in [0.2, 0.25) is 0 Å². The molecule has 1 rings (SSSR count). The fraction of sp³-hybridized carbons (Fsp3) is 1.00. The van der Waals surface area contributed by atoms with Gasteiger partial charge in [-0.2, -0.15) is 0 Å². The van der Waals surface area contributed by atoms with Crippen molar-refractivity contribution in [1.82, 2.24) is 10.6 Å². The number of ether oxygens (including phenoxy) is 1. The van der Waals surface area contributed by atoms with Crippen LogP contribution in [-0.4, -0.2) is 39.9 Å². The third-order valence-corrected chi connectivity index (χ3v) is 2.04. The van der Waals surface area contributed by atoms with Gasteiger partial charge >= 0.3 is 0 Å². The Morgan fingerprint density at radius 2 is 2.20 bits per heavy atom. The van der Waals surface area contributed by atoms with Crippen LogP contribution in [0.1, 0.15) is 0 Å². The molecule has 3 nitrogen and oxygen atoms in total. The van der Waals surface area contributed by atoms with Crippen molar-refractivity contribution < 1.29 is 4.74 Å². The minimum Gasteiger partial charge on any atom is -0.379 e. The summed E-state index contributed by atoms with van der Waals surface area (Å²) in [6.07, 6.45) is 0. The Hall–Kier alpha value is -0.120. The van der Waals surface area contributed by atoms with Crippen LogP contribution in [0.3, 0.4) is 0 Å². The van der Waals surface area contributed by atoms with Gasteiger partial charge in [0.1, 0.15) is 0 Å². The van der Waals surface area contributed by atoms with Crippen LogP contribution >= 0.6 is 0 Å². The first kappa shape index (κ1) is 7.98. The van der Waals surface area contributed by atoms with Crippen molar-refractivity contribution in [2.24, 2.45) is 5.92 Å². The van der Waals surface area contributed by atoms with Crippen molar-refractivity contribution in [3.05, 3.63) is 0 Å². The predicted molar refractivity (Wildman–Crippen MR) is 41.1 cm³/mol. The molecule has 1 fully saturated rings. The van der Waals surface area contributed by atoms with E-state index in [0.717, 1.165) is 19.8 Å². The first-order valence-electron chi connectivity index (χ1n) is 3.78. The first-order chi connectivity index (χ1) is 4.88. The minimum absolute atomic E-state index is 0.549. The topological polar surface area (TPSA) is 33.3 Å². The molecule has 0 bridgehead atoms. The molecule has 1 aliphatic heterocycles. The Kier molecular flexibility index (Phi) is 3.12. The molecule has 1 aliphatic rings. The third-order valence-electron chi connectivity index (χ3n) is 2.04. The number of hydrogen-bond acceptors (Lipinski definition) is 3. The molecular weight excluding hydrogens is 128 g/mol. The Balaban J connectivity index is 2.27. The number of likely N-dealkylation sites (N-methyl/N-ethyl adjacent to an activating group) is 1. The SMILES string of the molecule is CNCC1COCC1NC. The lowest BCUT2D eigenvalue weighted by Gasteiger charge is -2.15. The number of rotatable bonds is 3. The molecule has 0 aromatic carbocycles. The molecule has 0 aromatic rings. The van der Waals surface area contributed by atoms with Crippen LogP contribution in [0.5, 0.6) is 0 Å². The fourth-order valence-corrected chi connectivity index (χ4v) is 1.38. The van der Waals surface area contributed by atoms with E-state index < -0.39 is 0 Å². The average Bonchev–Trinajstić information content (AvgIpc) is 2.36. The van der Waals surface area contributed by atoms with Gasteiger partial charge in [0.2, 0.25) is 0 Å². The Morgan fingerprint density at radius 1 is 1.40 bits per heavy atom. The highest BCUT2D eigenvalue weighted by Gasteiger charge is 2.25. The average molecular weight is 144 g/mol. The van der Waals surface area contributed by atoms with Crippen LogP contribution in [0.25, 0.3) is 0 Å². The second kappa shape index (κ2) is 3.91. The zero-order valence-electron chi connectivity index (χ0n) is 6.68. The summed E-state index contributed by atoms with van der Waals surface area (Å²) in [6, 6.07) is 0.549. The van der Waals surface area contributed by atoms with Gasteiger partial charge in [0, 0.05) is 18.5 Å². The second-order valence-corrected chi connectivity index (χ2v) is 2.75. The highest BCUT2D eigenvalue weighted by atomic mass is 16.5. The molecule has 0 aliphatic carbocycles. The third kappa shape index (κ3) is 1.68. The van der Waals surface area contributed by atoms with Crippen molar-refractivity contribution >= 4 is 0 Å². The molecule has 1 saturated heterocycles. The molecule has 0 spiro atoms. The summed E-state index contributed by atoms with van der Waals surface area (Å²) < 4.78 is 5.31. The fourth-order valence-electron chi connectivity index (χ4n) is 1.38. The molecule has 10 heavy (non-hydrogen) atoms. The molecule has 60 valence electrons. The van der Waals surface area contributed by atoms with E-state index in [0.29, 0.717) is 12.0 Å². The van der Waals surface area contributed by atoms with Gasteiger partial charge in [-0.05, 0) is 14.1 Å². The number of nitrogens with one attached hydrogen (secondary N) is 2. The van der Waals surface area contributed by atoms with Gasteiger partial charge < -0.3 is 15.4 Å². The highest BCUT2D eigenvalue weighted by molar-refractivity contribution is 4.80. The van der Waals surface area contributed by atoms with Gasteiger partial charge in [-0.1, -0.05) is 0 Å². The molecule has 0 amide bonds. The number of hydrogen-bond donors (Lipinski definition) is 2. The monoisotopic (exact) mass is 144 g/mol. The molecule has 0 aromatic heterocycles. The Morgan fingerprint density at radius 3 is 2.80 bits per heavy atom.